The molecule has 0 fully saturated rings. The van der Waals surface area contributed by atoms with Crippen LogP contribution in [0.2, 0.25) is 0 Å². The molecule has 0 aliphatic carbocycles. The predicted molar refractivity (Wildman–Crippen MR) is 370 cm³/mol. The molecule has 12 bridgehead atoms. The van der Waals surface area contributed by atoms with Crippen molar-refractivity contribution in [3.8, 4) is 67.1 Å². The Morgan fingerprint density at radius 2 is 0.268 bits per heavy atom. The lowest BCUT2D eigenvalue weighted by atomic mass is 9.96. The maximum Gasteiger partial charge on any atom is 0.146 e. The average molecular weight is 1350 g/mol. The fourth-order valence-electron chi connectivity index (χ4n) is 9.23. The molecule has 532 valence electrons. The Kier molecular flexibility index (Phi) is 43.4. The van der Waals surface area contributed by atoms with Crippen molar-refractivity contribution >= 4 is 0 Å². The third-order valence-electron chi connectivity index (χ3n) is 14.4. The third kappa shape index (κ3) is 36.5. The first-order chi connectivity index (χ1) is 48.3. The molecule has 97 heavy (non-hydrogen) atoms. The molecule has 7 aliphatic rings. The molecule has 7 heterocycles. The molecule has 21 nitrogen and oxygen atoms in total. The Bertz CT molecular complexity index is 2830. The second-order valence-corrected chi connectivity index (χ2v) is 21.5. The van der Waals surface area contributed by atoms with Crippen molar-refractivity contribution in [1.82, 2.24) is 0 Å². The highest BCUT2D eigenvalue weighted by atomic mass is 16.7. The SMILES string of the molecule is C1=CCOCCOCCOCCOCCOCCOCCOCOCCOCCOc2ccc(cc2)-c2ccc(cc2)-c2ccc(cc2)-c2ccc(cc2)-c2ccc(cc2)-c2ccc(cc2)OCCOCCOCOCCOCCOCCOCCOCCOCCOCCOC1. The van der Waals surface area contributed by atoms with Crippen LogP contribution in [-0.4, -0.2) is 251 Å². The summed E-state index contributed by atoms with van der Waals surface area (Å²) >= 11 is 0. The van der Waals surface area contributed by atoms with Crippen LogP contribution >= 0.6 is 0 Å². The number of ether oxygens (including phenoxy) is 21. The van der Waals surface area contributed by atoms with Crippen molar-refractivity contribution in [2.24, 2.45) is 0 Å². The molecule has 21 heteroatoms. The van der Waals surface area contributed by atoms with E-state index < -0.39 is 0 Å². The summed E-state index contributed by atoms with van der Waals surface area (Å²) in [5.74, 6) is 1.58. The van der Waals surface area contributed by atoms with Gasteiger partial charge in [-0.3, -0.25) is 0 Å². The van der Waals surface area contributed by atoms with E-state index in [1.165, 1.54) is 11.1 Å². The van der Waals surface area contributed by atoms with Crippen LogP contribution in [0, 0.1) is 0 Å². The minimum atomic E-state index is 0.168. The van der Waals surface area contributed by atoms with Crippen molar-refractivity contribution < 1.29 is 99.5 Å². The number of hydrogen-bond acceptors (Lipinski definition) is 21. The van der Waals surface area contributed by atoms with Crippen molar-refractivity contribution in [2.45, 2.75) is 0 Å². The fraction of sp³-hybridized carbons (Fsp3) is 0.500. The van der Waals surface area contributed by atoms with E-state index in [0.29, 0.717) is 238 Å². The van der Waals surface area contributed by atoms with Gasteiger partial charge in [-0.2, -0.15) is 0 Å². The summed E-state index contributed by atoms with van der Waals surface area (Å²) in [6, 6.07) is 51.1. The van der Waals surface area contributed by atoms with Crippen molar-refractivity contribution in [3.05, 3.63) is 158 Å². The van der Waals surface area contributed by atoms with Crippen molar-refractivity contribution in [3.63, 3.8) is 0 Å². The fourth-order valence-corrected chi connectivity index (χ4v) is 9.23. The van der Waals surface area contributed by atoms with Gasteiger partial charge in [-0.1, -0.05) is 133 Å². The summed E-state index contributed by atoms with van der Waals surface area (Å²) in [6.07, 6.45) is 3.84. The Hall–Kier alpha value is -6.10. The van der Waals surface area contributed by atoms with Crippen LogP contribution in [0.4, 0.5) is 0 Å². The quantitative estimate of drug-likeness (QED) is 0.130. The van der Waals surface area contributed by atoms with Gasteiger partial charge in [-0.15, -0.1) is 0 Å². The van der Waals surface area contributed by atoms with Crippen LogP contribution in [-0.2, 0) is 90.0 Å². The second-order valence-electron chi connectivity index (χ2n) is 21.5. The molecule has 13 rings (SSSR count). The molecule has 6 aromatic carbocycles. The Balaban J connectivity index is 0.724. The molecular weight excluding hydrogens is 1250 g/mol. The van der Waals surface area contributed by atoms with Crippen molar-refractivity contribution in [1.29, 1.82) is 0 Å². The Labute approximate surface area is 573 Å². The lowest BCUT2D eigenvalue weighted by Gasteiger charge is -2.10. The number of benzene rings is 6. The van der Waals surface area contributed by atoms with Crippen LogP contribution in [0.3, 0.4) is 0 Å². The third-order valence-corrected chi connectivity index (χ3v) is 14.4. The van der Waals surface area contributed by atoms with Crippen LogP contribution in [0.15, 0.2) is 158 Å². The lowest BCUT2D eigenvalue weighted by molar-refractivity contribution is -0.0849. The van der Waals surface area contributed by atoms with Gasteiger partial charge in [0.1, 0.15) is 38.3 Å². The smallest absolute Gasteiger partial charge is 0.146 e. The van der Waals surface area contributed by atoms with E-state index in [1.807, 2.05) is 36.4 Å². The summed E-state index contributed by atoms with van der Waals surface area (Å²) in [5, 5.41) is 0. The number of hydrogen-bond donors (Lipinski definition) is 0. The molecule has 0 amide bonds. The molecule has 7 aliphatic heterocycles. The van der Waals surface area contributed by atoms with Gasteiger partial charge in [0.15, 0.2) is 0 Å². The highest BCUT2D eigenvalue weighted by molar-refractivity contribution is 5.76. The summed E-state index contributed by atoms with van der Waals surface area (Å²) in [4.78, 5) is 0. The number of rotatable bonds is 0. The molecule has 0 saturated carbocycles. The Morgan fingerprint density at radius 3 is 0.443 bits per heavy atom. The maximum absolute atomic E-state index is 5.92. The van der Waals surface area contributed by atoms with Gasteiger partial charge in [-0.25, -0.2) is 0 Å². The lowest BCUT2D eigenvalue weighted by Crippen LogP contribution is -2.15. The van der Waals surface area contributed by atoms with Crippen LogP contribution in [0.1, 0.15) is 0 Å². The van der Waals surface area contributed by atoms with E-state index in [4.69, 9.17) is 99.5 Å². The monoisotopic (exact) mass is 1350 g/mol. The predicted octanol–water partition coefficient (Wildman–Crippen LogP) is 10.6. The first-order valence-corrected chi connectivity index (χ1v) is 33.8. The van der Waals surface area contributed by atoms with Crippen molar-refractivity contribution in [2.75, 3.05) is 251 Å². The van der Waals surface area contributed by atoms with Gasteiger partial charge in [-0.05, 0) is 79.9 Å². The average Bonchev–Trinajstić information content (AvgIpc) is 1.00. The van der Waals surface area contributed by atoms with E-state index in [9.17, 15) is 0 Å². The van der Waals surface area contributed by atoms with Crippen LogP contribution in [0.5, 0.6) is 11.5 Å². The van der Waals surface area contributed by atoms with E-state index in [-0.39, 0.29) is 13.6 Å². The second kappa shape index (κ2) is 53.8. The maximum atomic E-state index is 5.92. The first kappa shape index (κ1) is 78.2. The topological polar surface area (TPSA) is 194 Å². The van der Waals surface area contributed by atoms with Gasteiger partial charge in [0.25, 0.3) is 0 Å². The van der Waals surface area contributed by atoms with Gasteiger partial charge in [0, 0.05) is 0 Å². The molecular formula is C76H102O21. The van der Waals surface area contributed by atoms with Gasteiger partial charge in [0.2, 0.25) is 0 Å². The Morgan fingerprint density at radius 1 is 0.134 bits per heavy atom. The normalized spacial score (nSPS) is 19.0. The van der Waals surface area contributed by atoms with E-state index in [2.05, 4.69) is 121 Å². The zero-order valence-electron chi connectivity index (χ0n) is 56.5. The van der Waals surface area contributed by atoms with Gasteiger partial charge < -0.3 is 99.5 Å². The highest BCUT2D eigenvalue weighted by Gasteiger charge is 2.08. The highest BCUT2D eigenvalue weighted by Crippen LogP contribution is 2.31. The molecule has 0 saturated heterocycles. The minimum Gasteiger partial charge on any atom is -0.491 e. The molecule has 0 radical (unpaired) electrons. The summed E-state index contributed by atoms with van der Waals surface area (Å²) < 4.78 is 117. The molecule has 0 unspecified atom stereocenters. The van der Waals surface area contributed by atoms with Gasteiger partial charge in [0.05, 0.1) is 225 Å². The minimum absolute atomic E-state index is 0.168. The van der Waals surface area contributed by atoms with Crippen LogP contribution in [0.25, 0.3) is 55.6 Å². The summed E-state index contributed by atoms with van der Waals surface area (Å²) in [5.41, 5.74) is 11.5. The summed E-state index contributed by atoms with van der Waals surface area (Å²) in [7, 11) is 0. The standard InChI is InChI=1S/C76H102O21/c1-2-28-78-30-32-80-34-36-82-38-40-84-43-45-86-47-49-88-51-55-92-63-94-57-53-90-59-61-96-75-23-19-73(20-24-75)71-15-11-69(12-16-71)67-7-3-65(4-8-67)66-5-9-68(10-6-66)70-13-17-72(18-14-70)74-21-25-76(26-22-74)97-62-60-91-54-58-95-64-93-56-52-89-50-48-87-46-44-85-42-41-83-39-37-81-35-33-79-31-29-77-27-1/h1-26H,27-64H2. The first-order valence-electron chi connectivity index (χ1n) is 33.8. The molecule has 0 aromatic heterocycles. The van der Waals surface area contributed by atoms with E-state index in [0.717, 1.165) is 56.0 Å². The van der Waals surface area contributed by atoms with E-state index >= 15 is 0 Å². The summed E-state index contributed by atoms with van der Waals surface area (Å²) in [6.45, 7) is 17.1. The van der Waals surface area contributed by atoms with E-state index in [1.54, 1.807) is 0 Å². The molecule has 0 N–H and O–H groups in total. The van der Waals surface area contributed by atoms with Crippen LogP contribution < -0.4 is 9.47 Å². The molecule has 0 spiro atoms. The molecule has 6 aromatic rings. The zero-order chi connectivity index (χ0) is 67.0. The van der Waals surface area contributed by atoms with Gasteiger partial charge >= 0.3 is 0 Å². The number of fused-ring (bicyclic) bond motifs is 6. The largest absolute Gasteiger partial charge is 0.491 e. The zero-order valence-corrected chi connectivity index (χ0v) is 56.5. The molecule has 0 atom stereocenters.